The maximum absolute atomic E-state index is 12.5. The summed E-state index contributed by atoms with van der Waals surface area (Å²) in [6.07, 6.45) is 4.48. The topological polar surface area (TPSA) is 49.4 Å². The van der Waals surface area contributed by atoms with Crippen molar-refractivity contribution >= 4 is 11.8 Å². The summed E-state index contributed by atoms with van der Waals surface area (Å²) in [7, 11) is 0. The van der Waals surface area contributed by atoms with E-state index in [0.29, 0.717) is 18.9 Å². The quantitative estimate of drug-likeness (QED) is 0.896. The van der Waals surface area contributed by atoms with E-state index in [9.17, 15) is 9.59 Å². The number of carbonyl (C=O) groups excluding carboxylic acids is 2. The van der Waals surface area contributed by atoms with Gasteiger partial charge in [0.1, 0.15) is 6.04 Å². The first-order valence-electron chi connectivity index (χ1n) is 7.86. The molecule has 1 aromatic carbocycles. The minimum atomic E-state index is -0.267. The van der Waals surface area contributed by atoms with E-state index in [1.165, 1.54) is 5.56 Å². The molecule has 1 saturated carbocycles. The van der Waals surface area contributed by atoms with Crippen LogP contribution in [0, 0.1) is 5.92 Å². The van der Waals surface area contributed by atoms with E-state index in [2.05, 4.69) is 17.4 Å². The summed E-state index contributed by atoms with van der Waals surface area (Å²) in [4.78, 5) is 26.1. The van der Waals surface area contributed by atoms with Crippen molar-refractivity contribution in [1.82, 2.24) is 10.2 Å². The first-order chi connectivity index (χ1) is 10.2. The maximum atomic E-state index is 12.5. The van der Waals surface area contributed by atoms with Gasteiger partial charge in [0, 0.05) is 19.5 Å². The van der Waals surface area contributed by atoms with Crippen LogP contribution in [0.1, 0.15) is 31.2 Å². The first kappa shape index (κ1) is 14.1. The molecule has 2 amide bonds. The Kier molecular flexibility index (Phi) is 4.23. The average Bonchev–Trinajstić information content (AvgIpc) is 3.33. The van der Waals surface area contributed by atoms with Crippen LogP contribution in [0.5, 0.6) is 0 Å². The highest BCUT2D eigenvalue weighted by Gasteiger charge is 2.40. The summed E-state index contributed by atoms with van der Waals surface area (Å²) in [5.41, 5.74) is 1.30. The number of nitrogens with zero attached hydrogens (tertiary/aromatic N) is 1. The molecule has 0 radical (unpaired) electrons. The van der Waals surface area contributed by atoms with Crippen LogP contribution in [-0.2, 0) is 16.0 Å². The van der Waals surface area contributed by atoms with E-state index in [4.69, 9.17) is 0 Å². The Balaban J connectivity index is 1.55. The van der Waals surface area contributed by atoms with Crippen LogP contribution in [0.25, 0.3) is 0 Å². The zero-order valence-electron chi connectivity index (χ0n) is 12.3. The van der Waals surface area contributed by atoms with E-state index in [1.807, 2.05) is 23.1 Å². The average molecular weight is 286 g/mol. The highest BCUT2D eigenvalue weighted by molar-refractivity contribution is 5.90. The molecule has 2 aliphatic rings. The Morgan fingerprint density at radius 3 is 2.62 bits per heavy atom. The summed E-state index contributed by atoms with van der Waals surface area (Å²) >= 11 is 0. The van der Waals surface area contributed by atoms with Crippen LogP contribution < -0.4 is 5.32 Å². The molecule has 1 heterocycles. The highest BCUT2D eigenvalue weighted by Crippen LogP contribution is 2.34. The van der Waals surface area contributed by atoms with Crippen molar-refractivity contribution in [2.75, 3.05) is 13.1 Å². The summed E-state index contributed by atoms with van der Waals surface area (Å²) in [6, 6.07) is 10.1. The van der Waals surface area contributed by atoms with Crippen LogP contribution >= 0.6 is 0 Å². The SMILES string of the molecule is O=C1CCN(CCCc2ccccc2)C(=O)C(C2CC2)N1. The van der Waals surface area contributed by atoms with Crippen molar-refractivity contribution in [3.8, 4) is 0 Å². The van der Waals surface area contributed by atoms with Gasteiger partial charge in [0.05, 0.1) is 0 Å². The van der Waals surface area contributed by atoms with E-state index >= 15 is 0 Å². The van der Waals surface area contributed by atoms with Gasteiger partial charge < -0.3 is 10.2 Å². The van der Waals surface area contributed by atoms with Gasteiger partial charge in [0.25, 0.3) is 0 Å². The van der Waals surface area contributed by atoms with Crippen LogP contribution in [0.3, 0.4) is 0 Å². The fourth-order valence-corrected chi connectivity index (χ4v) is 2.94. The Bertz CT molecular complexity index is 511. The third kappa shape index (κ3) is 3.63. The predicted molar refractivity (Wildman–Crippen MR) is 80.6 cm³/mol. The molecule has 0 aromatic heterocycles. The molecule has 0 spiro atoms. The monoisotopic (exact) mass is 286 g/mol. The van der Waals surface area contributed by atoms with Gasteiger partial charge in [-0.1, -0.05) is 30.3 Å². The third-order valence-corrected chi connectivity index (χ3v) is 4.33. The molecule has 0 bridgehead atoms. The lowest BCUT2D eigenvalue weighted by atomic mass is 10.1. The minimum absolute atomic E-state index is 0.0193. The molecule has 4 nitrogen and oxygen atoms in total. The Morgan fingerprint density at radius 2 is 1.90 bits per heavy atom. The van der Waals surface area contributed by atoms with Gasteiger partial charge >= 0.3 is 0 Å². The molecule has 21 heavy (non-hydrogen) atoms. The van der Waals surface area contributed by atoms with Crippen LogP contribution in [0.4, 0.5) is 0 Å². The number of rotatable bonds is 5. The van der Waals surface area contributed by atoms with Gasteiger partial charge in [-0.2, -0.15) is 0 Å². The fourth-order valence-electron chi connectivity index (χ4n) is 2.94. The van der Waals surface area contributed by atoms with Crippen molar-refractivity contribution < 1.29 is 9.59 Å². The molecule has 1 unspecified atom stereocenters. The molecular formula is C17H22N2O2. The van der Waals surface area contributed by atoms with Gasteiger partial charge in [-0.25, -0.2) is 0 Å². The normalized spacial score (nSPS) is 22.9. The molecule has 1 N–H and O–H groups in total. The largest absolute Gasteiger partial charge is 0.344 e. The maximum Gasteiger partial charge on any atom is 0.245 e. The fraction of sp³-hybridized carbons (Fsp3) is 0.529. The zero-order chi connectivity index (χ0) is 14.7. The predicted octanol–water partition coefficient (Wildman–Crippen LogP) is 1.75. The lowest BCUT2D eigenvalue weighted by Crippen LogP contribution is -2.46. The molecule has 112 valence electrons. The smallest absolute Gasteiger partial charge is 0.245 e. The molecule has 2 fully saturated rings. The number of aryl methyl sites for hydroxylation is 1. The molecule has 4 heteroatoms. The molecule has 1 atom stereocenters. The molecular weight excluding hydrogens is 264 g/mol. The van der Waals surface area contributed by atoms with Crippen molar-refractivity contribution in [2.24, 2.45) is 5.92 Å². The van der Waals surface area contributed by atoms with Crippen molar-refractivity contribution in [3.05, 3.63) is 35.9 Å². The van der Waals surface area contributed by atoms with Gasteiger partial charge in [0.15, 0.2) is 0 Å². The standard InChI is InChI=1S/C17H22N2O2/c20-15-10-12-19(17(21)16(18-15)14-8-9-14)11-4-7-13-5-2-1-3-6-13/h1-3,5-6,14,16H,4,7-12H2,(H,18,20). The lowest BCUT2D eigenvalue weighted by Gasteiger charge is -2.24. The molecule has 1 aromatic rings. The Morgan fingerprint density at radius 1 is 1.14 bits per heavy atom. The van der Waals surface area contributed by atoms with E-state index < -0.39 is 0 Å². The summed E-state index contributed by atoms with van der Waals surface area (Å²) in [6.45, 7) is 1.30. The number of hydrogen-bond donors (Lipinski definition) is 1. The van der Waals surface area contributed by atoms with E-state index in [-0.39, 0.29) is 17.9 Å². The first-order valence-corrected chi connectivity index (χ1v) is 7.86. The van der Waals surface area contributed by atoms with Gasteiger partial charge in [-0.05, 0) is 37.2 Å². The van der Waals surface area contributed by atoms with Crippen molar-refractivity contribution in [3.63, 3.8) is 0 Å². The molecule has 1 aliphatic heterocycles. The third-order valence-electron chi connectivity index (χ3n) is 4.33. The number of amides is 2. The lowest BCUT2D eigenvalue weighted by molar-refractivity contribution is -0.134. The van der Waals surface area contributed by atoms with Crippen molar-refractivity contribution in [1.29, 1.82) is 0 Å². The Labute approximate surface area is 125 Å². The molecule has 1 aliphatic carbocycles. The van der Waals surface area contributed by atoms with Gasteiger partial charge in [0.2, 0.25) is 11.8 Å². The van der Waals surface area contributed by atoms with Crippen LogP contribution in [-0.4, -0.2) is 35.8 Å². The van der Waals surface area contributed by atoms with Gasteiger partial charge in [-0.3, -0.25) is 9.59 Å². The summed E-state index contributed by atoms with van der Waals surface area (Å²) < 4.78 is 0. The second-order valence-electron chi connectivity index (χ2n) is 6.05. The summed E-state index contributed by atoms with van der Waals surface area (Å²) in [5, 5.41) is 2.90. The van der Waals surface area contributed by atoms with E-state index in [1.54, 1.807) is 0 Å². The summed E-state index contributed by atoms with van der Waals surface area (Å²) in [5.74, 6) is 0.512. The van der Waals surface area contributed by atoms with E-state index in [0.717, 1.165) is 32.2 Å². The van der Waals surface area contributed by atoms with Crippen LogP contribution in [0.2, 0.25) is 0 Å². The highest BCUT2D eigenvalue weighted by atomic mass is 16.2. The minimum Gasteiger partial charge on any atom is -0.344 e. The number of carbonyl (C=O) groups is 2. The Hall–Kier alpha value is -1.84. The second kappa shape index (κ2) is 6.29. The van der Waals surface area contributed by atoms with Crippen LogP contribution in [0.15, 0.2) is 30.3 Å². The number of benzene rings is 1. The number of hydrogen-bond acceptors (Lipinski definition) is 2. The van der Waals surface area contributed by atoms with Gasteiger partial charge in [-0.15, -0.1) is 0 Å². The second-order valence-corrected chi connectivity index (χ2v) is 6.05. The zero-order valence-corrected chi connectivity index (χ0v) is 12.3. The number of nitrogens with one attached hydrogen (secondary N) is 1. The molecule has 1 saturated heterocycles. The van der Waals surface area contributed by atoms with Crippen molar-refractivity contribution in [2.45, 2.75) is 38.1 Å². The molecule has 3 rings (SSSR count).